The summed E-state index contributed by atoms with van der Waals surface area (Å²) in [6, 6.07) is 4.97. The molecule has 126 valence electrons. The first-order valence-corrected chi connectivity index (χ1v) is 6.90. The Hall–Kier alpha value is -1.46. The maximum absolute atomic E-state index is 12.0. The highest BCUT2D eigenvalue weighted by molar-refractivity contribution is 5.90. The summed E-state index contributed by atoms with van der Waals surface area (Å²) in [6.45, 7) is 7.37. The number of carbonyl (C=O) groups is 1. The van der Waals surface area contributed by atoms with Gasteiger partial charge >= 0.3 is 5.97 Å². The number of benzene rings is 1. The lowest BCUT2D eigenvalue weighted by molar-refractivity contribution is 0.0423. The van der Waals surface area contributed by atoms with E-state index in [1.165, 1.54) is 7.11 Å². The number of hydrogen-bond acceptors (Lipinski definition) is 5. The van der Waals surface area contributed by atoms with E-state index >= 15 is 0 Å². The fourth-order valence-corrected chi connectivity index (χ4v) is 1.66. The highest BCUT2D eigenvalue weighted by Gasteiger charge is 2.17. The molecule has 0 N–H and O–H groups in total. The predicted molar refractivity (Wildman–Crippen MR) is 89.5 cm³/mol. The maximum Gasteiger partial charge on any atom is 0.338 e. The highest BCUT2D eigenvalue weighted by Crippen LogP contribution is 2.27. The summed E-state index contributed by atoms with van der Waals surface area (Å²) in [7, 11) is 5.09. The van der Waals surface area contributed by atoms with Crippen LogP contribution >= 0.6 is 12.4 Å². The minimum Gasteiger partial charge on any atom is -0.493 e. The second-order valence-electron chi connectivity index (χ2n) is 5.80. The van der Waals surface area contributed by atoms with Crippen LogP contribution in [0.5, 0.6) is 11.5 Å². The molecule has 0 saturated heterocycles. The van der Waals surface area contributed by atoms with Crippen LogP contribution in [0.2, 0.25) is 0 Å². The Labute approximate surface area is 138 Å². The first kappa shape index (κ1) is 20.5. The number of methoxy groups -OCH3 is 2. The fraction of sp³-hybridized carbons (Fsp3) is 0.562. The SMILES string of the molecule is COc1ccc(C(=O)OCCN(C)C(C)(C)C)cc1OC.Cl. The van der Waals surface area contributed by atoms with Crippen molar-refractivity contribution in [3.8, 4) is 11.5 Å². The van der Waals surface area contributed by atoms with E-state index in [1.807, 2.05) is 7.05 Å². The van der Waals surface area contributed by atoms with E-state index in [1.54, 1.807) is 25.3 Å². The first-order chi connectivity index (χ1) is 9.79. The summed E-state index contributed by atoms with van der Waals surface area (Å²) in [5.74, 6) is 0.735. The molecule has 1 aromatic rings. The Morgan fingerprint density at radius 3 is 2.23 bits per heavy atom. The van der Waals surface area contributed by atoms with Gasteiger partial charge in [0.2, 0.25) is 0 Å². The zero-order valence-corrected chi connectivity index (χ0v) is 15.0. The minimum absolute atomic E-state index is 0. The van der Waals surface area contributed by atoms with Gasteiger partial charge < -0.3 is 14.2 Å². The Balaban J connectivity index is 0.00000441. The molecule has 0 aliphatic carbocycles. The summed E-state index contributed by atoms with van der Waals surface area (Å²) in [6.07, 6.45) is 0. The molecule has 0 aliphatic rings. The molecule has 6 heteroatoms. The van der Waals surface area contributed by atoms with Gasteiger partial charge in [-0.3, -0.25) is 4.90 Å². The largest absolute Gasteiger partial charge is 0.493 e. The van der Waals surface area contributed by atoms with Crippen molar-refractivity contribution < 1.29 is 19.0 Å². The minimum atomic E-state index is -0.363. The van der Waals surface area contributed by atoms with E-state index in [0.717, 1.165) is 0 Å². The monoisotopic (exact) mass is 331 g/mol. The third kappa shape index (κ3) is 5.73. The summed E-state index contributed by atoms with van der Waals surface area (Å²) >= 11 is 0. The Morgan fingerprint density at radius 2 is 1.73 bits per heavy atom. The zero-order valence-electron chi connectivity index (χ0n) is 14.1. The lowest BCUT2D eigenvalue weighted by Crippen LogP contribution is -2.40. The van der Waals surface area contributed by atoms with Crippen LogP contribution in [-0.2, 0) is 4.74 Å². The number of nitrogens with zero attached hydrogens (tertiary/aromatic N) is 1. The molecule has 5 nitrogen and oxygen atoms in total. The molecule has 0 bridgehead atoms. The van der Waals surface area contributed by atoms with Crippen LogP contribution in [0.4, 0.5) is 0 Å². The molecular weight excluding hydrogens is 306 g/mol. The van der Waals surface area contributed by atoms with E-state index in [9.17, 15) is 4.79 Å². The summed E-state index contributed by atoms with van der Waals surface area (Å²) in [4.78, 5) is 14.1. The van der Waals surface area contributed by atoms with E-state index in [0.29, 0.717) is 30.2 Å². The maximum atomic E-state index is 12.0. The van der Waals surface area contributed by atoms with E-state index in [2.05, 4.69) is 25.7 Å². The van der Waals surface area contributed by atoms with Crippen LogP contribution in [0, 0.1) is 0 Å². The van der Waals surface area contributed by atoms with Crippen LogP contribution in [0.3, 0.4) is 0 Å². The summed E-state index contributed by atoms with van der Waals surface area (Å²) in [5, 5.41) is 0. The number of esters is 1. The van der Waals surface area contributed by atoms with Gasteiger partial charge in [0.1, 0.15) is 6.61 Å². The molecule has 0 saturated carbocycles. The average molecular weight is 332 g/mol. The van der Waals surface area contributed by atoms with Gasteiger partial charge in [0.05, 0.1) is 19.8 Å². The zero-order chi connectivity index (χ0) is 16.0. The smallest absolute Gasteiger partial charge is 0.338 e. The topological polar surface area (TPSA) is 48.0 Å². The first-order valence-electron chi connectivity index (χ1n) is 6.90. The lowest BCUT2D eigenvalue weighted by atomic mass is 10.1. The van der Waals surface area contributed by atoms with Crippen LogP contribution < -0.4 is 9.47 Å². The Kier molecular flexibility index (Phi) is 8.27. The van der Waals surface area contributed by atoms with E-state index in [4.69, 9.17) is 14.2 Å². The molecule has 0 unspecified atom stereocenters. The molecule has 0 spiro atoms. The van der Waals surface area contributed by atoms with Crippen LogP contribution in [-0.4, -0.2) is 50.8 Å². The van der Waals surface area contributed by atoms with Crippen molar-refractivity contribution in [2.75, 3.05) is 34.4 Å². The molecule has 0 amide bonds. The quantitative estimate of drug-likeness (QED) is 0.750. The van der Waals surface area contributed by atoms with Gasteiger partial charge in [0.15, 0.2) is 11.5 Å². The number of halogens is 1. The summed E-state index contributed by atoms with van der Waals surface area (Å²) < 4.78 is 15.6. The van der Waals surface area contributed by atoms with E-state index < -0.39 is 0 Å². The number of rotatable bonds is 6. The van der Waals surface area contributed by atoms with Crippen LogP contribution in [0.15, 0.2) is 18.2 Å². The van der Waals surface area contributed by atoms with Gasteiger partial charge in [0, 0.05) is 12.1 Å². The van der Waals surface area contributed by atoms with Crippen molar-refractivity contribution >= 4 is 18.4 Å². The van der Waals surface area contributed by atoms with Crippen molar-refractivity contribution in [3.63, 3.8) is 0 Å². The van der Waals surface area contributed by atoms with Gasteiger partial charge in [-0.05, 0) is 46.0 Å². The molecule has 1 aromatic carbocycles. The van der Waals surface area contributed by atoms with E-state index in [-0.39, 0.29) is 23.9 Å². The molecule has 0 atom stereocenters. The predicted octanol–water partition coefficient (Wildman–Crippen LogP) is 3.01. The third-order valence-electron chi connectivity index (χ3n) is 3.42. The van der Waals surface area contributed by atoms with Gasteiger partial charge in [-0.25, -0.2) is 4.79 Å². The number of likely N-dealkylation sites (N-methyl/N-ethyl adjacent to an activating group) is 1. The molecule has 1 rings (SSSR count). The van der Waals surface area contributed by atoms with Crippen LogP contribution in [0.1, 0.15) is 31.1 Å². The molecule has 0 heterocycles. The fourth-order valence-electron chi connectivity index (χ4n) is 1.66. The van der Waals surface area contributed by atoms with Crippen LogP contribution in [0.25, 0.3) is 0 Å². The molecular formula is C16H26ClNO4. The van der Waals surface area contributed by atoms with Gasteiger partial charge in [-0.1, -0.05) is 0 Å². The Morgan fingerprint density at radius 1 is 1.14 bits per heavy atom. The van der Waals surface area contributed by atoms with Crippen molar-refractivity contribution in [2.24, 2.45) is 0 Å². The van der Waals surface area contributed by atoms with Gasteiger partial charge in [-0.15, -0.1) is 12.4 Å². The number of carbonyl (C=O) groups excluding carboxylic acids is 1. The Bertz CT molecular complexity index is 486. The molecule has 0 aromatic heterocycles. The molecule has 0 radical (unpaired) electrons. The van der Waals surface area contributed by atoms with Crippen molar-refractivity contribution in [2.45, 2.75) is 26.3 Å². The van der Waals surface area contributed by atoms with Crippen molar-refractivity contribution in [1.29, 1.82) is 0 Å². The van der Waals surface area contributed by atoms with Crippen molar-refractivity contribution in [1.82, 2.24) is 4.90 Å². The van der Waals surface area contributed by atoms with Gasteiger partial charge in [-0.2, -0.15) is 0 Å². The second kappa shape index (κ2) is 8.86. The van der Waals surface area contributed by atoms with Gasteiger partial charge in [0.25, 0.3) is 0 Å². The average Bonchev–Trinajstić information content (AvgIpc) is 2.45. The number of ether oxygens (including phenoxy) is 3. The van der Waals surface area contributed by atoms with Crippen molar-refractivity contribution in [3.05, 3.63) is 23.8 Å². The molecule has 0 aliphatic heterocycles. The second-order valence-corrected chi connectivity index (χ2v) is 5.80. The standard InChI is InChI=1S/C16H25NO4.ClH/c1-16(2,3)17(4)9-10-21-15(18)12-7-8-13(19-5)14(11-12)20-6;/h7-8,11H,9-10H2,1-6H3;1H. The molecule has 22 heavy (non-hydrogen) atoms. The third-order valence-corrected chi connectivity index (χ3v) is 3.42. The molecule has 0 fully saturated rings. The normalized spacial score (nSPS) is 10.9. The summed E-state index contributed by atoms with van der Waals surface area (Å²) in [5.41, 5.74) is 0.501. The lowest BCUT2D eigenvalue weighted by Gasteiger charge is -2.31. The highest BCUT2D eigenvalue weighted by atomic mass is 35.5. The number of hydrogen-bond donors (Lipinski definition) is 0.